The summed E-state index contributed by atoms with van der Waals surface area (Å²) in [5.41, 5.74) is 1.46. The SMILES string of the molecule is COCCNC(=NCc1nnc(C)n1C)NC1CCC(c2ccccc2)CC1. The molecule has 0 aliphatic heterocycles. The third-order valence-corrected chi connectivity index (χ3v) is 5.50. The number of benzene rings is 1. The first-order valence-corrected chi connectivity index (χ1v) is 10.1. The van der Waals surface area contributed by atoms with Gasteiger partial charge in [0.2, 0.25) is 0 Å². The zero-order valence-corrected chi connectivity index (χ0v) is 17.2. The van der Waals surface area contributed by atoms with Gasteiger partial charge in [-0.2, -0.15) is 0 Å². The Morgan fingerprint density at radius 3 is 2.57 bits per heavy atom. The lowest BCUT2D eigenvalue weighted by molar-refractivity contribution is 0.203. The van der Waals surface area contributed by atoms with Gasteiger partial charge in [-0.05, 0) is 44.1 Å². The highest BCUT2D eigenvalue weighted by Crippen LogP contribution is 2.32. The maximum Gasteiger partial charge on any atom is 0.192 e. The van der Waals surface area contributed by atoms with Crippen molar-refractivity contribution in [2.45, 2.75) is 51.1 Å². The third kappa shape index (κ3) is 5.55. The summed E-state index contributed by atoms with van der Waals surface area (Å²) in [6.07, 6.45) is 4.70. The second kappa shape index (κ2) is 10.2. The topological polar surface area (TPSA) is 76.4 Å². The fourth-order valence-corrected chi connectivity index (χ4v) is 3.65. The van der Waals surface area contributed by atoms with Crippen molar-refractivity contribution in [3.63, 3.8) is 0 Å². The van der Waals surface area contributed by atoms with Crippen LogP contribution in [0.4, 0.5) is 0 Å². The van der Waals surface area contributed by atoms with Gasteiger partial charge in [-0.25, -0.2) is 4.99 Å². The number of methoxy groups -OCH3 is 1. The Morgan fingerprint density at radius 2 is 1.93 bits per heavy atom. The number of hydrogen-bond donors (Lipinski definition) is 2. The molecule has 2 N–H and O–H groups in total. The van der Waals surface area contributed by atoms with Crippen LogP contribution in [0.5, 0.6) is 0 Å². The maximum atomic E-state index is 5.16. The summed E-state index contributed by atoms with van der Waals surface area (Å²) in [5, 5.41) is 15.3. The zero-order valence-electron chi connectivity index (χ0n) is 17.2. The molecule has 1 fully saturated rings. The highest BCUT2D eigenvalue weighted by Gasteiger charge is 2.23. The number of aromatic nitrogens is 3. The van der Waals surface area contributed by atoms with E-state index in [4.69, 9.17) is 9.73 Å². The lowest BCUT2D eigenvalue weighted by Gasteiger charge is -2.30. The van der Waals surface area contributed by atoms with E-state index < -0.39 is 0 Å². The number of nitrogens with one attached hydrogen (secondary N) is 2. The molecule has 0 spiro atoms. The van der Waals surface area contributed by atoms with Gasteiger partial charge in [0, 0.05) is 26.7 Å². The number of rotatable bonds is 7. The first-order valence-electron chi connectivity index (χ1n) is 10.1. The third-order valence-electron chi connectivity index (χ3n) is 5.50. The van der Waals surface area contributed by atoms with Crippen LogP contribution in [-0.2, 0) is 18.3 Å². The standard InChI is InChI=1S/C21H32N6O/c1-16-25-26-20(27(16)2)15-23-21(22-13-14-28-3)24-19-11-9-18(10-12-19)17-7-5-4-6-8-17/h4-8,18-19H,9-15H2,1-3H3,(H2,22,23,24). The number of hydrogen-bond acceptors (Lipinski definition) is 4. The molecular weight excluding hydrogens is 352 g/mol. The molecule has 7 heteroatoms. The summed E-state index contributed by atoms with van der Waals surface area (Å²) in [4.78, 5) is 4.73. The van der Waals surface area contributed by atoms with Crippen molar-refractivity contribution < 1.29 is 4.74 Å². The summed E-state index contributed by atoms with van der Waals surface area (Å²) in [5.74, 6) is 3.24. The number of aryl methyl sites for hydroxylation is 1. The normalized spacial score (nSPS) is 20.2. The highest BCUT2D eigenvalue weighted by molar-refractivity contribution is 5.80. The molecular formula is C21H32N6O. The van der Waals surface area contributed by atoms with Crippen LogP contribution in [0.15, 0.2) is 35.3 Å². The van der Waals surface area contributed by atoms with Crippen LogP contribution in [0.25, 0.3) is 0 Å². The lowest BCUT2D eigenvalue weighted by Crippen LogP contribution is -2.45. The molecule has 152 valence electrons. The van der Waals surface area contributed by atoms with Gasteiger partial charge in [0.05, 0.1) is 6.61 Å². The zero-order chi connectivity index (χ0) is 19.8. The van der Waals surface area contributed by atoms with E-state index in [1.165, 1.54) is 18.4 Å². The summed E-state index contributed by atoms with van der Waals surface area (Å²) in [6, 6.07) is 11.3. The van der Waals surface area contributed by atoms with Crippen molar-refractivity contribution in [3.8, 4) is 0 Å². The molecule has 0 atom stereocenters. The van der Waals surface area contributed by atoms with Gasteiger partial charge >= 0.3 is 0 Å². The van der Waals surface area contributed by atoms with Gasteiger partial charge in [-0.15, -0.1) is 10.2 Å². The van der Waals surface area contributed by atoms with Crippen molar-refractivity contribution in [1.82, 2.24) is 25.4 Å². The average molecular weight is 385 g/mol. The number of nitrogens with zero attached hydrogens (tertiary/aromatic N) is 4. The van der Waals surface area contributed by atoms with E-state index in [-0.39, 0.29) is 0 Å². The van der Waals surface area contributed by atoms with Gasteiger partial charge in [-0.3, -0.25) is 0 Å². The quantitative estimate of drug-likeness (QED) is 0.436. The van der Waals surface area contributed by atoms with Crippen LogP contribution in [0.1, 0.15) is 48.8 Å². The van der Waals surface area contributed by atoms with Gasteiger partial charge in [0.25, 0.3) is 0 Å². The Hall–Kier alpha value is -2.41. The second-order valence-corrected chi connectivity index (χ2v) is 7.41. The maximum absolute atomic E-state index is 5.16. The van der Waals surface area contributed by atoms with E-state index >= 15 is 0 Å². The minimum absolute atomic E-state index is 0.440. The van der Waals surface area contributed by atoms with Crippen molar-refractivity contribution in [2.75, 3.05) is 20.3 Å². The van der Waals surface area contributed by atoms with Crippen LogP contribution >= 0.6 is 0 Å². The Balaban J connectivity index is 1.56. The molecule has 1 aliphatic rings. The molecule has 28 heavy (non-hydrogen) atoms. The van der Waals surface area contributed by atoms with E-state index in [0.717, 1.165) is 37.0 Å². The number of guanidine groups is 1. The average Bonchev–Trinajstić information content (AvgIpc) is 3.05. The number of aliphatic imine (C=N–C) groups is 1. The molecule has 1 aromatic heterocycles. The summed E-state index contributed by atoms with van der Waals surface area (Å²) >= 11 is 0. The molecule has 1 saturated carbocycles. The fraction of sp³-hybridized carbons (Fsp3) is 0.571. The van der Waals surface area contributed by atoms with Crippen molar-refractivity contribution >= 4 is 5.96 Å². The molecule has 3 rings (SSSR count). The van der Waals surface area contributed by atoms with E-state index in [0.29, 0.717) is 25.1 Å². The summed E-state index contributed by atoms with van der Waals surface area (Å²) in [6.45, 7) is 3.81. The smallest absolute Gasteiger partial charge is 0.192 e. The summed E-state index contributed by atoms with van der Waals surface area (Å²) < 4.78 is 7.13. The van der Waals surface area contributed by atoms with Crippen molar-refractivity contribution in [3.05, 3.63) is 47.5 Å². The second-order valence-electron chi connectivity index (χ2n) is 7.41. The van der Waals surface area contributed by atoms with E-state index in [2.05, 4.69) is 51.2 Å². The molecule has 0 radical (unpaired) electrons. The van der Waals surface area contributed by atoms with Crippen molar-refractivity contribution in [1.29, 1.82) is 0 Å². The minimum atomic E-state index is 0.440. The molecule has 0 saturated heterocycles. The molecule has 7 nitrogen and oxygen atoms in total. The monoisotopic (exact) mass is 384 g/mol. The van der Waals surface area contributed by atoms with Gasteiger partial charge in [0.15, 0.2) is 11.8 Å². The first-order chi connectivity index (χ1) is 13.7. The van der Waals surface area contributed by atoms with Crippen LogP contribution < -0.4 is 10.6 Å². The van der Waals surface area contributed by atoms with Crippen molar-refractivity contribution in [2.24, 2.45) is 12.0 Å². The van der Waals surface area contributed by atoms with E-state index in [1.54, 1.807) is 7.11 Å². The van der Waals surface area contributed by atoms with Gasteiger partial charge < -0.3 is 19.9 Å². The molecule has 1 heterocycles. The molecule has 0 bridgehead atoms. The molecule has 0 amide bonds. The van der Waals surface area contributed by atoms with E-state index in [9.17, 15) is 0 Å². The predicted molar refractivity (Wildman–Crippen MR) is 111 cm³/mol. The Kier molecular flexibility index (Phi) is 7.42. The van der Waals surface area contributed by atoms with Gasteiger partial charge in [-0.1, -0.05) is 30.3 Å². The van der Waals surface area contributed by atoms with Gasteiger partial charge in [0.1, 0.15) is 12.4 Å². The van der Waals surface area contributed by atoms with E-state index in [1.807, 2.05) is 18.5 Å². The predicted octanol–water partition coefficient (Wildman–Crippen LogP) is 2.53. The largest absolute Gasteiger partial charge is 0.383 e. The highest BCUT2D eigenvalue weighted by atomic mass is 16.5. The first kappa shape index (κ1) is 20.3. The number of ether oxygens (including phenoxy) is 1. The molecule has 2 aromatic rings. The van der Waals surface area contributed by atoms with Crippen LogP contribution in [-0.4, -0.2) is 47.0 Å². The Bertz CT molecular complexity index is 750. The Labute approximate surface area is 167 Å². The minimum Gasteiger partial charge on any atom is -0.383 e. The Morgan fingerprint density at radius 1 is 1.18 bits per heavy atom. The molecule has 1 aromatic carbocycles. The molecule has 0 unspecified atom stereocenters. The van der Waals surface area contributed by atoms with Crippen LogP contribution in [0, 0.1) is 6.92 Å². The fourth-order valence-electron chi connectivity index (χ4n) is 3.65. The molecule has 1 aliphatic carbocycles. The summed E-state index contributed by atoms with van der Waals surface area (Å²) in [7, 11) is 3.68. The lowest BCUT2D eigenvalue weighted by atomic mass is 9.82. The van der Waals surface area contributed by atoms with Crippen LogP contribution in [0.2, 0.25) is 0 Å². The van der Waals surface area contributed by atoms with Crippen LogP contribution in [0.3, 0.4) is 0 Å².